The minimum absolute atomic E-state index is 0.148. The van der Waals surface area contributed by atoms with Crippen LogP contribution in [0.3, 0.4) is 0 Å². The maximum atomic E-state index is 12.1. The minimum atomic E-state index is -0.148. The van der Waals surface area contributed by atoms with E-state index in [-0.39, 0.29) is 5.69 Å². The Morgan fingerprint density at radius 3 is 2.42 bits per heavy atom. The number of rotatable bonds is 1. The highest BCUT2D eigenvalue weighted by atomic mass is 16.1. The molecule has 4 heteroatoms. The summed E-state index contributed by atoms with van der Waals surface area (Å²) < 4.78 is 1.66. The third kappa shape index (κ3) is 1.91. The number of H-pyrrole nitrogens is 1. The number of benzene rings is 2. The quantitative estimate of drug-likeness (QED) is 0.654. The average molecular weight is 253 g/mol. The second kappa shape index (κ2) is 4.02. The first-order valence-electron chi connectivity index (χ1n) is 6.13. The van der Waals surface area contributed by atoms with E-state index in [4.69, 9.17) is 5.73 Å². The zero-order valence-electron chi connectivity index (χ0n) is 10.9. The number of aryl methyl sites for hydroxylation is 2. The van der Waals surface area contributed by atoms with Crippen LogP contribution >= 0.6 is 0 Å². The van der Waals surface area contributed by atoms with Crippen LogP contribution in [0.25, 0.3) is 16.7 Å². The maximum Gasteiger partial charge on any atom is 0.331 e. The van der Waals surface area contributed by atoms with Gasteiger partial charge in [0.2, 0.25) is 0 Å². The van der Waals surface area contributed by atoms with Crippen LogP contribution in [0.4, 0.5) is 5.69 Å². The first-order valence-corrected chi connectivity index (χ1v) is 6.13. The lowest BCUT2D eigenvalue weighted by atomic mass is 10.1. The van der Waals surface area contributed by atoms with Gasteiger partial charge >= 0.3 is 5.69 Å². The molecular weight excluding hydrogens is 238 g/mol. The number of anilines is 1. The Balaban J connectivity index is 2.38. The summed E-state index contributed by atoms with van der Waals surface area (Å²) >= 11 is 0. The Bertz CT molecular complexity index is 807. The van der Waals surface area contributed by atoms with E-state index >= 15 is 0 Å². The second-order valence-corrected chi connectivity index (χ2v) is 4.89. The molecule has 0 aliphatic heterocycles. The molecule has 0 aliphatic rings. The highest BCUT2D eigenvalue weighted by molar-refractivity contribution is 5.80. The van der Waals surface area contributed by atoms with Crippen molar-refractivity contribution in [2.75, 3.05) is 5.73 Å². The Labute approximate surface area is 110 Å². The smallest absolute Gasteiger partial charge is 0.331 e. The highest BCUT2D eigenvalue weighted by Crippen LogP contribution is 2.19. The molecule has 3 rings (SSSR count). The summed E-state index contributed by atoms with van der Waals surface area (Å²) in [4.78, 5) is 15.0. The van der Waals surface area contributed by atoms with Crippen molar-refractivity contribution < 1.29 is 0 Å². The molecule has 0 amide bonds. The lowest BCUT2D eigenvalue weighted by molar-refractivity contribution is 1.01. The monoisotopic (exact) mass is 253 g/mol. The molecule has 0 saturated heterocycles. The van der Waals surface area contributed by atoms with Gasteiger partial charge in [0.1, 0.15) is 0 Å². The van der Waals surface area contributed by atoms with Gasteiger partial charge in [-0.1, -0.05) is 6.07 Å². The molecule has 0 bridgehead atoms. The van der Waals surface area contributed by atoms with Crippen LogP contribution in [0, 0.1) is 13.8 Å². The number of imidazole rings is 1. The Morgan fingerprint density at radius 1 is 1.05 bits per heavy atom. The van der Waals surface area contributed by atoms with E-state index < -0.39 is 0 Å². The molecule has 2 aromatic carbocycles. The number of fused-ring (bicyclic) bond motifs is 1. The molecular formula is C15H15N3O. The maximum absolute atomic E-state index is 12.1. The van der Waals surface area contributed by atoms with Gasteiger partial charge in [-0.25, -0.2) is 4.79 Å². The van der Waals surface area contributed by atoms with Gasteiger partial charge < -0.3 is 10.7 Å². The standard InChI is InChI=1S/C15H15N3O/c1-9-5-10(2)7-12(6-9)18-14-8-11(16)3-4-13(14)17-15(18)19/h3-8H,16H2,1-2H3,(H,17,19). The lowest BCUT2D eigenvalue weighted by Gasteiger charge is -2.06. The lowest BCUT2D eigenvalue weighted by Crippen LogP contribution is -2.14. The molecule has 96 valence electrons. The highest BCUT2D eigenvalue weighted by Gasteiger charge is 2.09. The van der Waals surface area contributed by atoms with Gasteiger partial charge in [0.25, 0.3) is 0 Å². The third-order valence-electron chi connectivity index (χ3n) is 3.17. The summed E-state index contributed by atoms with van der Waals surface area (Å²) in [6.07, 6.45) is 0. The summed E-state index contributed by atoms with van der Waals surface area (Å²) in [6.45, 7) is 4.04. The number of hydrogen-bond donors (Lipinski definition) is 2. The molecule has 1 heterocycles. The Morgan fingerprint density at radius 2 is 1.74 bits per heavy atom. The van der Waals surface area contributed by atoms with Crippen molar-refractivity contribution in [1.29, 1.82) is 0 Å². The van der Waals surface area contributed by atoms with E-state index in [0.717, 1.165) is 27.8 Å². The van der Waals surface area contributed by atoms with Gasteiger partial charge in [-0.05, 0) is 55.3 Å². The summed E-state index contributed by atoms with van der Waals surface area (Å²) in [5.74, 6) is 0. The SMILES string of the molecule is Cc1cc(C)cc(-n2c(=O)[nH]c3ccc(N)cc32)c1. The van der Waals surface area contributed by atoms with E-state index in [2.05, 4.69) is 11.1 Å². The van der Waals surface area contributed by atoms with E-state index in [0.29, 0.717) is 5.69 Å². The molecule has 0 unspecified atom stereocenters. The molecule has 3 N–H and O–H groups in total. The van der Waals surface area contributed by atoms with Crippen molar-refractivity contribution in [3.05, 3.63) is 58.0 Å². The van der Waals surface area contributed by atoms with Crippen LogP contribution in [0.1, 0.15) is 11.1 Å². The van der Waals surface area contributed by atoms with Gasteiger partial charge in [-0.2, -0.15) is 0 Å². The Kier molecular flexibility index (Phi) is 2.45. The fraction of sp³-hybridized carbons (Fsp3) is 0.133. The van der Waals surface area contributed by atoms with E-state index in [1.165, 1.54) is 0 Å². The van der Waals surface area contributed by atoms with Crippen LogP contribution in [-0.4, -0.2) is 9.55 Å². The topological polar surface area (TPSA) is 63.8 Å². The average Bonchev–Trinajstić information content (AvgIpc) is 2.63. The zero-order chi connectivity index (χ0) is 13.6. The number of aromatic amines is 1. The third-order valence-corrected chi connectivity index (χ3v) is 3.17. The van der Waals surface area contributed by atoms with Gasteiger partial charge in [0.05, 0.1) is 16.7 Å². The zero-order valence-corrected chi connectivity index (χ0v) is 10.9. The summed E-state index contributed by atoms with van der Waals surface area (Å²) in [7, 11) is 0. The van der Waals surface area contributed by atoms with E-state index in [1.54, 1.807) is 10.6 Å². The van der Waals surface area contributed by atoms with E-state index in [9.17, 15) is 4.79 Å². The fourth-order valence-corrected chi connectivity index (χ4v) is 2.46. The number of nitrogen functional groups attached to an aromatic ring is 1. The molecule has 0 fully saturated rings. The Hall–Kier alpha value is -2.49. The van der Waals surface area contributed by atoms with Crippen molar-refractivity contribution in [3.8, 4) is 5.69 Å². The molecule has 3 aromatic rings. The van der Waals surface area contributed by atoms with Crippen LogP contribution < -0.4 is 11.4 Å². The predicted octanol–water partition coefficient (Wildman–Crippen LogP) is 2.52. The van der Waals surface area contributed by atoms with Gasteiger partial charge in [0, 0.05) is 5.69 Å². The normalized spacial score (nSPS) is 11.1. The minimum Gasteiger partial charge on any atom is -0.399 e. The molecule has 0 radical (unpaired) electrons. The van der Waals surface area contributed by atoms with E-state index in [1.807, 2.05) is 38.1 Å². The van der Waals surface area contributed by atoms with Crippen molar-refractivity contribution in [3.63, 3.8) is 0 Å². The van der Waals surface area contributed by atoms with Crippen molar-refractivity contribution in [2.45, 2.75) is 13.8 Å². The first kappa shape index (κ1) is 11.6. The number of aromatic nitrogens is 2. The first-order chi connectivity index (χ1) is 9.04. The number of hydrogen-bond acceptors (Lipinski definition) is 2. The molecule has 1 aromatic heterocycles. The number of nitrogens with zero attached hydrogens (tertiary/aromatic N) is 1. The molecule has 0 saturated carbocycles. The fourth-order valence-electron chi connectivity index (χ4n) is 2.46. The molecule has 0 aliphatic carbocycles. The van der Waals surface area contributed by atoms with Gasteiger partial charge in [0.15, 0.2) is 0 Å². The molecule has 4 nitrogen and oxygen atoms in total. The number of nitrogens with two attached hydrogens (primary N) is 1. The molecule has 0 spiro atoms. The van der Waals surface area contributed by atoms with Gasteiger partial charge in [-0.15, -0.1) is 0 Å². The second-order valence-electron chi connectivity index (χ2n) is 4.89. The van der Waals surface area contributed by atoms with Crippen LogP contribution in [0.5, 0.6) is 0 Å². The van der Waals surface area contributed by atoms with Crippen molar-refractivity contribution in [1.82, 2.24) is 9.55 Å². The van der Waals surface area contributed by atoms with Gasteiger partial charge in [-0.3, -0.25) is 4.57 Å². The largest absolute Gasteiger partial charge is 0.399 e. The van der Waals surface area contributed by atoms with Crippen LogP contribution in [0.15, 0.2) is 41.2 Å². The summed E-state index contributed by atoms with van der Waals surface area (Å²) in [5.41, 5.74) is 11.0. The summed E-state index contributed by atoms with van der Waals surface area (Å²) in [6, 6.07) is 11.5. The van der Waals surface area contributed by atoms with Crippen molar-refractivity contribution >= 4 is 16.7 Å². The summed E-state index contributed by atoms with van der Waals surface area (Å²) in [5, 5.41) is 0. The molecule has 0 atom stereocenters. The van der Waals surface area contributed by atoms with Crippen molar-refractivity contribution in [2.24, 2.45) is 0 Å². The van der Waals surface area contributed by atoms with Crippen LogP contribution in [-0.2, 0) is 0 Å². The van der Waals surface area contributed by atoms with Crippen LogP contribution in [0.2, 0.25) is 0 Å². The number of nitrogens with one attached hydrogen (secondary N) is 1. The predicted molar refractivity (Wildman–Crippen MR) is 77.8 cm³/mol. The molecule has 19 heavy (non-hydrogen) atoms.